The number of ether oxygens (including phenoxy) is 4. The van der Waals surface area contributed by atoms with Crippen LogP contribution in [-0.4, -0.2) is 77.8 Å². The van der Waals surface area contributed by atoms with Crippen molar-refractivity contribution in [2.24, 2.45) is 0 Å². The van der Waals surface area contributed by atoms with Crippen LogP contribution in [0.3, 0.4) is 0 Å². The molecule has 3 heterocycles. The average molecular weight is 771 g/mol. The van der Waals surface area contributed by atoms with E-state index in [-0.39, 0.29) is 35.5 Å². The number of hydrogen-bond acceptors (Lipinski definition) is 12. The topological polar surface area (TPSA) is 140 Å². The average Bonchev–Trinajstić information content (AvgIpc) is 3.49. The Morgan fingerprint density at radius 2 is 1.77 bits per heavy atom. The molecular weight excluding hydrogens is 730 g/mol. The number of aromatic nitrogens is 5. The van der Waals surface area contributed by atoms with Crippen LogP contribution in [0.1, 0.15) is 45.6 Å². The summed E-state index contributed by atoms with van der Waals surface area (Å²) in [5.74, 6) is -3.80. The van der Waals surface area contributed by atoms with Crippen LogP contribution >= 0.6 is 11.3 Å². The van der Waals surface area contributed by atoms with Crippen LogP contribution in [0.5, 0.6) is 17.6 Å². The smallest absolute Gasteiger partial charge is 0.412 e. The maximum absolute atomic E-state index is 15.5. The maximum Gasteiger partial charge on any atom is 0.412 e. The lowest BCUT2D eigenvalue weighted by Crippen LogP contribution is -2.45. The summed E-state index contributed by atoms with van der Waals surface area (Å²) in [5.41, 5.74) is 3.36. The maximum atomic E-state index is 15.5. The lowest BCUT2D eigenvalue weighted by atomic mass is 9.91. The van der Waals surface area contributed by atoms with E-state index in [1.807, 2.05) is 19.1 Å². The fraction of sp³-hybridized carbons (Fsp3) is 0.444. The molecule has 2 atom stereocenters. The zero-order valence-corrected chi connectivity index (χ0v) is 32.3. The Kier molecular flexibility index (Phi) is 10.8. The Hall–Kier alpha value is -4.61. The van der Waals surface area contributed by atoms with Gasteiger partial charge in [-0.15, -0.1) is 11.3 Å². The minimum Gasteiger partial charge on any atom is -0.483 e. The van der Waals surface area contributed by atoms with E-state index in [2.05, 4.69) is 64.1 Å². The second kappa shape index (κ2) is 15.0. The van der Waals surface area contributed by atoms with Crippen molar-refractivity contribution in [3.63, 3.8) is 0 Å². The number of halogens is 3. The number of fused-ring (bicyclic) bond motifs is 2. The number of anilines is 1. The minimum absolute atomic E-state index is 0.0678. The number of carbonyl (C=O) groups excluding carboxylic acids is 1. The number of amides is 1. The SMILES string of the molecule is COc1cnc2c(-c3nc4cc(F)c(O[C@H]5CC(F)(F)CC[C@H]5OC(=O)Nc5cnc(OCCO[Si](C)(C)C(C)(C)C)nc5)cc4s3)cc(C)cc2n1. The van der Waals surface area contributed by atoms with Gasteiger partial charge in [-0.3, -0.25) is 5.32 Å². The fourth-order valence-corrected chi connectivity index (χ4v) is 7.53. The van der Waals surface area contributed by atoms with E-state index in [0.29, 0.717) is 44.3 Å². The molecule has 6 rings (SSSR count). The molecule has 3 aromatic heterocycles. The molecule has 282 valence electrons. The van der Waals surface area contributed by atoms with Crippen molar-refractivity contribution in [3.05, 3.63) is 54.2 Å². The summed E-state index contributed by atoms with van der Waals surface area (Å²) in [5, 5.41) is 3.13. The van der Waals surface area contributed by atoms with Gasteiger partial charge in [-0.25, -0.2) is 42.9 Å². The van der Waals surface area contributed by atoms with Gasteiger partial charge in [-0.05, 0) is 49.2 Å². The first-order valence-electron chi connectivity index (χ1n) is 17.0. The molecular formula is C36H41F3N6O6SSi. The second-order valence-corrected chi connectivity index (χ2v) is 20.2. The minimum atomic E-state index is -3.10. The third kappa shape index (κ3) is 8.96. The van der Waals surface area contributed by atoms with Crippen LogP contribution in [-0.2, 0) is 9.16 Å². The van der Waals surface area contributed by atoms with E-state index in [1.165, 1.54) is 49.2 Å². The Morgan fingerprint density at radius 1 is 1.02 bits per heavy atom. The van der Waals surface area contributed by atoms with E-state index in [4.69, 9.17) is 23.4 Å². The fourth-order valence-electron chi connectivity index (χ4n) is 5.51. The largest absolute Gasteiger partial charge is 0.483 e. The first-order chi connectivity index (χ1) is 25.0. The molecule has 2 aromatic carbocycles. The van der Waals surface area contributed by atoms with Gasteiger partial charge in [0.05, 0.1) is 65.7 Å². The number of rotatable bonds is 11. The van der Waals surface area contributed by atoms with Gasteiger partial charge in [0.15, 0.2) is 19.9 Å². The van der Waals surface area contributed by atoms with Crippen molar-refractivity contribution < 1.29 is 41.3 Å². The highest BCUT2D eigenvalue weighted by Gasteiger charge is 2.45. The third-order valence-electron chi connectivity index (χ3n) is 9.35. The number of carbonyl (C=O) groups is 1. The molecule has 0 unspecified atom stereocenters. The van der Waals surface area contributed by atoms with E-state index in [1.54, 1.807) is 0 Å². The Bertz CT molecular complexity index is 2110. The van der Waals surface area contributed by atoms with Gasteiger partial charge < -0.3 is 23.4 Å². The van der Waals surface area contributed by atoms with Gasteiger partial charge in [0.2, 0.25) is 5.88 Å². The molecule has 12 nitrogen and oxygen atoms in total. The number of alkyl halides is 2. The molecule has 0 saturated heterocycles. The lowest BCUT2D eigenvalue weighted by molar-refractivity contribution is -0.114. The highest BCUT2D eigenvalue weighted by Crippen LogP contribution is 2.40. The molecule has 1 saturated carbocycles. The zero-order chi connectivity index (χ0) is 38.1. The van der Waals surface area contributed by atoms with Crippen LogP contribution in [0.15, 0.2) is 42.9 Å². The Balaban J connectivity index is 1.12. The van der Waals surface area contributed by atoms with Gasteiger partial charge in [0, 0.05) is 24.1 Å². The molecule has 1 amide bonds. The van der Waals surface area contributed by atoms with Crippen molar-refractivity contribution >= 4 is 52.7 Å². The number of benzene rings is 2. The molecule has 53 heavy (non-hydrogen) atoms. The number of methoxy groups -OCH3 is 1. The second-order valence-electron chi connectivity index (χ2n) is 14.4. The third-order valence-corrected chi connectivity index (χ3v) is 14.9. The van der Waals surface area contributed by atoms with Crippen molar-refractivity contribution in [2.45, 2.75) is 83.2 Å². The van der Waals surface area contributed by atoms with Gasteiger partial charge in [-0.2, -0.15) is 0 Å². The summed E-state index contributed by atoms with van der Waals surface area (Å²) in [4.78, 5) is 34.7. The van der Waals surface area contributed by atoms with Gasteiger partial charge in [0.1, 0.15) is 23.8 Å². The van der Waals surface area contributed by atoms with Crippen molar-refractivity contribution in [3.8, 4) is 28.2 Å². The quantitative estimate of drug-likeness (QED) is 0.102. The highest BCUT2D eigenvalue weighted by molar-refractivity contribution is 7.21. The Labute approximate surface area is 309 Å². The molecule has 0 radical (unpaired) electrons. The summed E-state index contributed by atoms with van der Waals surface area (Å²) in [6.45, 7) is 13.3. The summed E-state index contributed by atoms with van der Waals surface area (Å²) in [7, 11) is -0.415. The number of nitrogens with zero attached hydrogens (tertiary/aromatic N) is 5. The molecule has 1 N–H and O–H groups in total. The van der Waals surface area contributed by atoms with Crippen LogP contribution in [0, 0.1) is 12.7 Å². The number of hydrogen-bond donors (Lipinski definition) is 1. The first kappa shape index (κ1) is 38.1. The summed E-state index contributed by atoms with van der Waals surface area (Å²) >= 11 is 1.26. The zero-order valence-electron chi connectivity index (χ0n) is 30.5. The normalized spacial score (nSPS) is 17.5. The van der Waals surface area contributed by atoms with E-state index in [9.17, 15) is 13.6 Å². The van der Waals surface area contributed by atoms with Gasteiger partial charge in [0.25, 0.3) is 5.92 Å². The monoisotopic (exact) mass is 770 g/mol. The molecule has 1 fully saturated rings. The predicted molar refractivity (Wildman–Crippen MR) is 197 cm³/mol. The molecule has 0 bridgehead atoms. The first-order valence-corrected chi connectivity index (χ1v) is 20.8. The number of nitrogens with one attached hydrogen (secondary N) is 1. The summed E-state index contributed by atoms with van der Waals surface area (Å²) in [6.07, 6.45) is -0.701. The number of thiazole rings is 1. The Morgan fingerprint density at radius 3 is 2.49 bits per heavy atom. The molecule has 17 heteroatoms. The predicted octanol–water partition coefficient (Wildman–Crippen LogP) is 8.74. The van der Waals surface area contributed by atoms with Crippen LogP contribution in [0.2, 0.25) is 18.1 Å². The summed E-state index contributed by atoms with van der Waals surface area (Å²) in [6, 6.07) is 6.49. The molecule has 0 spiro atoms. The molecule has 1 aliphatic rings. The molecule has 1 aliphatic carbocycles. The van der Waals surface area contributed by atoms with Crippen LogP contribution in [0.25, 0.3) is 31.8 Å². The molecule has 5 aromatic rings. The van der Waals surface area contributed by atoms with Crippen molar-refractivity contribution in [2.75, 3.05) is 25.6 Å². The van der Waals surface area contributed by atoms with Crippen LogP contribution in [0.4, 0.5) is 23.7 Å². The van der Waals surface area contributed by atoms with Gasteiger partial charge in [-0.1, -0.05) is 20.8 Å². The lowest BCUT2D eigenvalue weighted by Gasteiger charge is -2.36. The van der Waals surface area contributed by atoms with Crippen molar-refractivity contribution in [1.82, 2.24) is 24.9 Å². The number of aryl methyl sites for hydroxylation is 1. The summed E-state index contributed by atoms with van der Waals surface area (Å²) < 4.78 is 73.6. The highest BCUT2D eigenvalue weighted by atomic mass is 32.1. The molecule has 0 aliphatic heterocycles. The standard InChI is InChI=1S/C36H41F3N6O6SSi/c1-20-12-22(31-25(13-20)44-30(47-5)19-40-31)32-45-24-14-23(37)27(15-29(24)52-32)50-28-16-36(38,39)9-8-26(28)51-34(46)43-21-17-41-33(42-18-21)48-10-11-49-53(6,7)35(2,3)4/h12-15,17-19,26,28H,8-11,16H2,1-7H3,(H,43,46)/t26-,28+/m1/s1. The van der Waals surface area contributed by atoms with Crippen molar-refractivity contribution in [1.29, 1.82) is 0 Å². The van der Waals surface area contributed by atoms with E-state index in [0.717, 1.165) is 5.56 Å². The van der Waals surface area contributed by atoms with E-state index < -0.39 is 51.2 Å². The van der Waals surface area contributed by atoms with Crippen LogP contribution < -0.4 is 19.5 Å². The van der Waals surface area contributed by atoms with Gasteiger partial charge >= 0.3 is 12.1 Å². The van der Waals surface area contributed by atoms with E-state index >= 15 is 4.39 Å².